The van der Waals surface area contributed by atoms with Crippen molar-refractivity contribution in [2.45, 2.75) is 63.7 Å². The molecule has 0 aromatic heterocycles. The van der Waals surface area contributed by atoms with Crippen molar-refractivity contribution in [3.63, 3.8) is 0 Å². The van der Waals surface area contributed by atoms with Crippen molar-refractivity contribution in [3.05, 3.63) is 51.6 Å². The highest BCUT2D eigenvalue weighted by atomic mass is 32.2. The number of hydrogen-bond acceptors (Lipinski definition) is 3. The molecule has 0 fully saturated rings. The number of aliphatic imine (C=N–C) groups is 2. The predicted molar refractivity (Wildman–Crippen MR) is 486 cm³/mol. The summed E-state index contributed by atoms with van der Waals surface area (Å²) in [5.74, 6) is 0. The molecule has 2 heterocycles. The molecule has 402 valence electrons. The first kappa shape index (κ1) is 65.7. The topological polar surface area (TPSA) is 24.7 Å². The lowest BCUT2D eigenvalue weighted by molar-refractivity contribution is 0.247. The molecule has 3 unspecified atom stereocenters. The minimum atomic E-state index is -0.248. The summed E-state index contributed by atoms with van der Waals surface area (Å²) < 4.78 is 0. The van der Waals surface area contributed by atoms with Crippen LogP contribution in [0.1, 0.15) is 60.2 Å². The zero-order valence-electron chi connectivity index (χ0n) is 60.8. The number of rotatable bonds is 7. The molecular weight excluding hydrogens is 1050 g/mol. The first-order valence-electron chi connectivity index (χ1n) is 33.3. The van der Waals surface area contributed by atoms with Crippen LogP contribution in [0.4, 0.5) is 0 Å². The molecule has 7 aromatic carbocycles. The summed E-state index contributed by atoms with van der Waals surface area (Å²) in [4.78, 5) is 12.1. The van der Waals surface area contributed by atoms with Gasteiger partial charge in [-0.05, 0) is 112 Å². The van der Waals surface area contributed by atoms with Gasteiger partial charge in [0.1, 0.15) is 179 Å². The lowest BCUT2D eigenvalue weighted by Crippen LogP contribution is -2.59. The Bertz CT molecular complexity index is 4450. The fraction of sp³-hybridized carbons (Fsp3) is 0.200. The second kappa shape index (κ2) is 21.4. The highest BCUT2D eigenvalue weighted by Gasteiger charge is 2.59. The highest BCUT2D eigenvalue weighted by molar-refractivity contribution is 8.01. The average molecular weight is 1120 g/mol. The van der Waals surface area contributed by atoms with Crippen LogP contribution in [0.25, 0.3) is 55.6 Å². The van der Waals surface area contributed by atoms with Crippen molar-refractivity contribution in [1.82, 2.24) is 0 Å². The second-order valence-electron chi connectivity index (χ2n) is 32.0. The summed E-state index contributed by atoms with van der Waals surface area (Å²) in [6.07, 6.45) is 1.90. The summed E-state index contributed by atoms with van der Waals surface area (Å²) in [5, 5.41) is -0.136. The zero-order chi connectivity index (χ0) is 65.3. The third-order valence-corrected chi connectivity index (χ3v) is 26.6. The van der Waals surface area contributed by atoms with Crippen LogP contribution in [0, 0.1) is 5.41 Å². The van der Waals surface area contributed by atoms with Gasteiger partial charge in [-0.1, -0.05) is 130 Å². The maximum absolute atomic E-state index is 5.41. The van der Waals surface area contributed by atoms with Crippen LogP contribution in [0.2, 0.25) is 15.9 Å². The van der Waals surface area contributed by atoms with Crippen LogP contribution in [0.5, 0.6) is 0 Å². The maximum Gasteiger partial charge on any atom is 0.140 e. The molecule has 11 rings (SSSR count). The highest BCUT2D eigenvalue weighted by Crippen LogP contribution is 2.63. The van der Waals surface area contributed by atoms with E-state index in [9.17, 15) is 0 Å². The van der Waals surface area contributed by atoms with Crippen molar-refractivity contribution >= 4 is 379 Å². The van der Waals surface area contributed by atoms with Gasteiger partial charge in [0.25, 0.3) is 0 Å². The SMILES string of the molecule is Bc1c(B)c(C2=NC=NC3c4cc(-c5c(B)c(B)c(B)c(-c6c(B)c(B)c7c(c6B)C(C(B)(B)B)(C(B)(B)B)c6c(B)c(B)c(B)c(B)c6-7)c5B)ccc4SC23)c(B)c(-c2c(B)c(B)c3c(c2B)C(C(B)B)(C(C)(C)C)c2c(B)c(B)c(B)c(B)c2-3)c1B. The van der Waals surface area contributed by atoms with Crippen LogP contribution in [-0.2, 0) is 10.8 Å². The number of fused-ring (bicyclic) bond motifs is 9. The van der Waals surface area contributed by atoms with Crippen LogP contribution in [0.15, 0.2) is 33.1 Å². The van der Waals surface area contributed by atoms with Gasteiger partial charge in [-0.15, -0.1) is 44.5 Å². The van der Waals surface area contributed by atoms with Crippen LogP contribution >= 0.6 is 11.8 Å². The first-order chi connectivity index (χ1) is 40.6. The van der Waals surface area contributed by atoms with Gasteiger partial charge in [0.15, 0.2) is 0 Å². The molecule has 0 spiro atoms. The molecule has 0 N–H and O–H groups in total. The second-order valence-corrected chi connectivity index (χ2v) is 33.2. The summed E-state index contributed by atoms with van der Waals surface area (Å²) in [6, 6.07) is 7.31. The van der Waals surface area contributed by atoms with Crippen LogP contribution in [-0.4, -0.2) is 253 Å². The summed E-state index contributed by atoms with van der Waals surface area (Å²) in [7, 11) is 73.0. The van der Waals surface area contributed by atoms with E-state index >= 15 is 0 Å². The molecule has 3 atom stereocenters. The van der Waals surface area contributed by atoms with Crippen LogP contribution in [0.3, 0.4) is 0 Å². The molecule has 7 aromatic rings. The van der Waals surface area contributed by atoms with Gasteiger partial charge < -0.3 is 0 Å². The Balaban J connectivity index is 1.07. The van der Waals surface area contributed by atoms with E-state index in [4.69, 9.17) is 9.98 Å². The Morgan fingerprint density at radius 1 is 0.386 bits per heavy atom. The van der Waals surface area contributed by atoms with Gasteiger partial charge in [-0.3, -0.25) is 4.99 Å². The third-order valence-electron chi connectivity index (χ3n) is 25.2. The molecule has 88 heavy (non-hydrogen) atoms. The molecule has 33 heteroatoms. The average Bonchev–Trinajstić information content (AvgIpc) is 1.50. The van der Waals surface area contributed by atoms with Gasteiger partial charge >= 0.3 is 0 Å². The van der Waals surface area contributed by atoms with Crippen molar-refractivity contribution in [1.29, 1.82) is 0 Å². The van der Waals surface area contributed by atoms with E-state index in [0.717, 1.165) is 5.71 Å². The van der Waals surface area contributed by atoms with Crippen molar-refractivity contribution in [2.24, 2.45) is 15.4 Å². The van der Waals surface area contributed by atoms with Crippen molar-refractivity contribution in [2.75, 3.05) is 0 Å². The summed E-state index contributed by atoms with van der Waals surface area (Å²) in [5.41, 5.74) is 55.0. The van der Waals surface area contributed by atoms with Gasteiger partial charge in [0.2, 0.25) is 0 Å². The van der Waals surface area contributed by atoms with E-state index < -0.39 is 0 Å². The number of benzene rings is 7. The fourth-order valence-electron chi connectivity index (χ4n) is 20.4. The standard InChI is InChI=1S/C55H76B30N2S/c1-51(2,3)52(50(78)79)21-12(13-22(52)39(70)45(76)43(74)32(13)63)30(61)34(65)18(27(21)58)17-26(57)20(38(69)42(73)37(17)68)48-49-47(86-7-87-48)9-6-8(4-5-10(9)88-49)11-25(56)16(36(67)41(72)29(11)60)19-28(59)23-14(31(62)35(19)66)15-24(40(71)46(77)44(75)33(15)64)53(23,54(80,81)82)55(83,84)85/h4-7,47,49-50H,56-85H2,1-3H3. The van der Waals surface area contributed by atoms with Gasteiger partial charge in [-0.2, -0.15) is 0 Å². The van der Waals surface area contributed by atoms with E-state index in [1.807, 2.05) is 18.1 Å². The van der Waals surface area contributed by atoms with E-state index in [1.165, 1.54) is 192 Å². The normalized spacial score (nSPS) is 17.9. The smallest absolute Gasteiger partial charge is 0.140 e. The predicted octanol–water partition coefficient (Wildman–Crippen LogP) is -32.0. The lowest BCUT2D eigenvalue weighted by atomic mass is 9.17. The summed E-state index contributed by atoms with van der Waals surface area (Å²) >= 11 is 1.97. The molecular formula is C55H76B30N2S. The van der Waals surface area contributed by atoms with E-state index in [-0.39, 0.29) is 37.8 Å². The molecule has 0 radical (unpaired) electrons. The van der Waals surface area contributed by atoms with Crippen molar-refractivity contribution < 1.29 is 0 Å². The number of hydrogen-bond donors (Lipinski definition) is 0. The lowest BCUT2D eigenvalue weighted by Gasteiger charge is -2.56. The molecule has 2 aliphatic heterocycles. The van der Waals surface area contributed by atoms with Gasteiger partial charge in [0, 0.05) is 10.3 Å². The first-order valence-corrected chi connectivity index (χ1v) is 34.2. The minimum absolute atomic E-state index is 0.0417. The molecule has 4 aliphatic rings. The van der Waals surface area contributed by atoms with Crippen molar-refractivity contribution in [3.8, 4) is 55.6 Å². The van der Waals surface area contributed by atoms with E-state index in [2.05, 4.69) is 274 Å². The monoisotopic (exact) mass is 1130 g/mol. The summed E-state index contributed by atoms with van der Waals surface area (Å²) in [6.45, 7) is 7.54. The molecule has 0 saturated heterocycles. The molecule has 0 amide bonds. The van der Waals surface area contributed by atoms with Gasteiger partial charge in [-0.25, -0.2) is 4.99 Å². The third kappa shape index (κ3) is 8.25. The van der Waals surface area contributed by atoms with E-state index in [0.29, 0.717) is 5.72 Å². The quantitative estimate of drug-likeness (QED) is 0.146. The largest absolute Gasteiger partial charge is 0.264 e. The minimum Gasteiger partial charge on any atom is -0.264 e. The molecule has 0 saturated carbocycles. The van der Waals surface area contributed by atoms with E-state index in [1.54, 1.807) is 22.3 Å². The maximum atomic E-state index is 5.41. The number of thioether (sulfide) groups is 1. The Morgan fingerprint density at radius 3 is 1.17 bits per heavy atom. The Hall–Kier alpha value is -3.82. The number of nitrogens with zero attached hydrogens (tertiary/aromatic N) is 2. The Morgan fingerprint density at radius 2 is 0.716 bits per heavy atom. The zero-order valence-corrected chi connectivity index (χ0v) is 61.7. The molecule has 0 bridgehead atoms. The molecule has 2 nitrogen and oxygen atoms in total. The fourth-order valence-corrected chi connectivity index (χ4v) is 21.8. The Kier molecular flexibility index (Phi) is 15.9. The Labute approximate surface area is 561 Å². The molecule has 2 aliphatic carbocycles. The van der Waals surface area contributed by atoms with Gasteiger partial charge in [0.05, 0.1) is 79.8 Å². The van der Waals surface area contributed by atoms with Crippen LogP contribution < -0.4 is 120 Å².